The summed E-state index contributed by atoms with van der Waals surface area (Å²) in [5.41, 5.74) is 6.98. The first-order chi connectivity index (χ1) is 13.9. The molecule has 1 fully saturated rings. The summed E-state index contributed by atoms with van der Waals surface area (Å²) in [6.07, 6.45) is -0.689. The zero-order chi connectivity index (χ0) is 21.0. The van der Waals surface area contributed by atoms with E-state index >= 15 is 0 Å². The lowest BCUT2D eigenvalue weighted by Crippen LogP contribution is -2.57. The highest BCUT2D eigenvalue weighted by molar-refractivity contribution is 5.94. The molecule has 29 heavy (non-hydrogen) atoms. The highest BCUT2D eigenvalue weighted by atomic mass is 16.5. The number of nitrogen functional groups attached to an aromatic ring is 1. The van der Waals surface area contributed by atoms with E-state index in [0.29, 0.717) is 42.4 Å². The Balaban J connectivity index is 1.63. The molecule has 7 heteroatoms. The van der Waals surface area contributed by atoms with E-state index in [9.17, 15) is 9.59 Å². The van der Waals surface area contributed by atoms with Crippen molar-refractivity contribution in [3.63, 3.8) is 0 Å². The molecule has 1 heterocycles. The van der Waals surface area contributed by atoms with E-state index in [1.54, 1.807) is 47.1 Å². The molecule has 0 saturated carbocycles. The molecule has 0 bridgehead atoms. The molecule has 2 aromatic rings. The van der Waals surface area contributed by atoms with Gasteiger partial charge in [0, 0.05) is 43.0 Å². The summed E-state index contributed by atoms with van der Waals surface area (Å²) in [4.78, 5) is 29.2. The van der Waals surface area contributed by atoms with Crippen LogP contribution >= 0.6 is 0 Å². The standard InChI is InChI=1S/C22H27N3O4/c1-15-14-24(22(27)17-7-5-4-6-8-17)11-12-25(15)21(26)16(2)29-19-10-9-18(23)13-20(19)28-3/h4-10,13,15-16H,11-12,14,23H2,1-3H3/t15-,16?/m1/s1. The Morgan fingerprint density at radius 1 is 1.10 bits per heavy atom. The maximum atomic E-state index is 13.0. The second-order valence-electron chi connectivity index (χ2n) is 7.17. The number of amides is 2. The number of methoxy groups -OCH3 is 1. The van der Waals surface area contributed by atoms with E-state index in [4.69, 9.17) is 15.2 Å². The number of benzene rings is 2. The van der Waals surface area contributed by atoms with Crippen LogP contribution in [0.5, 0.6) is 11.5 Å². The molecule has 0 aromatic heterocycles. The number of hydrogen-bond donors (Lipinski definition) is 1. The van der Waals surface area contributed by atoms with E-state index < -0.39 is 6.10 Å². The van der Waals surface area contributed by atoms with Crippen LogP contribution in [0.1, 0.15) is 24.2 Å². The van der Waals surface area contributed by atoms with E-state index in [0.717, 1.165) is 0 Å². The lowest BCUT2D eigenvalue weighted by atomic mass is 10.1. The van der Waals surface area contributed by atoms with Gasteiger partial charge in [-0.1, -0.05) is 18.2 Å². The van der Waals surface area contributed by atoms with Crippen molar-refractivity contribution < 1.29 is 19.1 Å². The van der Waals surface area contributed by atoms with Crippen molar-refractivity contribution in [1.29, 1.82) is 0 Å². The first kappa shape index (κ1) is 20.5. The summed E-state index contributed by atoms with van der Waals surface area (Å²) >= 11 is 0. The Morgan fingerprint density at radius 3 is 2.48 bits per heavy atom. The van der Waals surface area contributed by atoms with Crippen LogP contribution in [-0.2, 0) is 4.79 Å². The van der Waals surface area contributed by atoms with Gasteiger partial charge in [-0.25, -0.2) is 0 Å². The predicted molar refractivity (Wildman–Crippen MR) is 111 cm³/mol. The normalized spacial score (nSPS) is 17.6. The van der Waals surface area contributed by atoms with E-state index in [1.807, 2.05) is 25.1 Å². The molecule has 0 spiro atoms. The summed E-state index contributed by atoms with van der Waals surface area (Å²) in [6.45, 7) is 5.09. The third kappa shape index (κ3) is 4.62. The zero-order valence-corrected chi connectivity index (χ0v) is 17.0. The first-order valence-electron chi connectivity index (χ1n) is 9.65. The summed E-state index contributed by atoms with van der Waals surface area (Å²) in [5.74, 6) is 0.813. The van der Waals surface area contributed by atoms with Crippen molar-refractivity contribution in [2.24, 2.45) is 0 Å². The van der Waals surface area contributed by atoms with E-state index in [1.165, 1.54) is 7.11 Å². The van der Waals surface area contributed by atoms with Gasteiger partial charge in [0.15, 0.2) is 17.6 Å². The molecule has 1 unspecified atom stereocenters. The molecule has 2 atom stereocenters. The summed E-state index contributed by atoms with van der Waals surface area (Å²) < 4.78 is 11.1. The smallest absolute Gasteiger partial charge is 0.263 e. The number of nitrogens with zero attached hydrogens (tertiary/aromatic N) is 2. The third-order valence-corrected chi connectivity index (χ3v) is 5.06. The molecular weight excluding hydrogens is 370 g/mol. The maximum absolute atomic E-state index is 13.0. The van der Waals surface area contributed by atoms with Crippen molar-refractivity contribution in [2.45, 2.75) is 26.0 Å². The van der Waals surface area contributed by atoms with Gasteiger partial charge in [-0.2, -0.15) is 0 Å². The number of ether oxygens (including phenoxy) is 2. The molecule has 0 aliphatic carbocycles. The molecule has 3 rings (SSSR count). The van der Waals surface area contributed by atoms with Crippen LogP contribution in [0.4, 0.5) is 5.69 Å². The molecule has 2 amide bonds. The largest absolute Gasteiger partial charge is 0.493 e. The van der Waals surface area contributed by atoms with E-state index in [2.05, 4.69) is 0 Å². The molecule has 1 aliphatic heterocycles. The minimum Gasteiger partial charge on any atom is -0.493 e. The Bertz CT molecular complexity index is 872. The molecule has 2 aromatic carbocycles. The molecule has 1 aliphatic rings. The first-order valence-corrected chi connectivity index (χ1v) is 9.65. The fourth-order valence-electron chi connectivity index (χ4n) is 3.49. The van der Waals surface area contributed by atoms with Crippen molar-refractivity contribution in [2.75, 3.05) is 32.5 Å². The number of carbonyl (C=O) groups excluding carboxylic acids is 2. The monoisotopic (exact) mass is 397 g/mol. The fraction of sp³-hybridized carbons (Fsp3) is 0.364. The molecular formula is C22H27N3O4. The topological polar surface area (TPSA) is 85.1 Å². The van der Waals surface area contributed by atoms with Gasteiger partial charge in [-0.05, 0) is 38.1 Å². The van der Waals surface area contributed by atoms with E-state index in [-0.39, 0.29) is 17.9 Å². The van der Waals surface area contributed by atoms with Crippen LogP contribution in [0.3, 0.4) is 0 Å². The van der Waals surface area contributed by atoms with Gasteiger partial charge in [0.25, 0.3) is 11.8 Å². The van der Waals surface area contributed by atoms with Crippen molar-refractivity contribution in [3.8, 4) is 11.5 Å². The minimum atomic E-state index is -0.689. The van der Waals surface area contributed by atoms with Crippen molar-refractivity contribution in [3.05, 3.63) is 54.1 Å². The second-order valence-corrected chi connectivity index (χ2v) is 7.17. The van der Waals surface area contributed by atoms with Gasteiger partial charge in [-0.3, -0.25) is 9.59 Å². The Morgan fingerprint density at radius 2 is 1.83 bits per heavy atom. The molecule has 7 nitrogen and oxygen atoms in total. The van der Waals surface area contributed by atoms with Gasteiger partial charge < -0.3 is 25.0 Å². The fourth-order valence-corrected chi connectivity index (χ4v) is 3.49. The summed E-state index contributed by atoms with van der Waals surface area (Å²) in [7, 11) is 1.53. The van der Waals surface area contributed by atoms with Gasteiger partial charge in [0.2, 0.25) is 0 Å². The Hall–Kier alpha value is -3.22. The van der Waals surface area contributed by atoms with Crippen molar-refractivity contribution >= 4 is 17.5 Å². The van der Waals surface area contributed by atoms with Gasteiger partial charge in [-0.15, -0.1) is 0 Å². The summed E-state index contributed by atoms with van der Waals surface area (Å²) in [6, 6.07) is 14.1. The number of piperazine rings is 1. The number of hydrogen-bond acceptors (Lipinski definition) is 5. The second kappa shape index (κ2) is 8.86. The lowest BCUT2D eigenvalue weighted by Gasteiger charge is -2.40. The van der Waals surface area contributed by atoms with Crippen molar-refractivity contribution in [1.82, 2.24) is 9.80 Å². The van der Waals surface area contributed by atoms with Crippen LogP contribution in [0.15, 0.2) is 48.5 Å². The highest BCUT2D eigenvalue weighted by Crippen LogP contribution is 2.30. The van der Waals surface area contributed by atoms with Crippen LogP contribution < -0.4 is 15.2 Å². The highest BCUT2D eigenvalue weighted by Gasteiger charge is 2.33. The average Bonchev–Trinajstić information content (AvgIpc) is 2.74. The molecule has 2 N–H and O–H groups in total. The van der Waals surface area contributed by atoms with Crippen LogP contribution in [0, 0.1) is 0 Å². The molecule has 1 saturated heterocycles. The van der Waals surface area contributed by atoms with Gasteiger partial charge >= 0.3 is 0 Å². The number of nitrogens with two attached hydrogens (primary N) is 1. The third-order valence-electron chi connectivity index (χ3n) is 5.06. The van der Waals surface area contributed by atoms with Gasteiger partial charge in [0.05, 0.1) is 7.11 Å². The zero-order valence-electron chi connectivity index (χ0n) is 17.0. The minimum absolute atomic E-state index is 0.0135. The quantitative estimate of drug-likeness (QED) is 0.783. The molecule has 154 valence electrons. The van der Waals surface area contributed by atoms with Crippen LogP contribution in [0.2, 0.25) is 0 Å². The summed E-state index contributed by atoms with van der Waals surface area (Å²) in [5, 5.41) is 0. The Kier molecular flexibility index (Phi) is 6.26. The average molecular weight is 397 g/mol. The predicted octanol–water partition coefficient (Wildman–Crippen LogP) is 2.42. The van der Waals surface area contributed by atoms with Crippen LogP contribution in [0.25, 0.3) is 0 Å². The van der Waals surface area contributed by atoms with Gasteiger partial charge in [0.1, 0.15) is 0 Å². The SMILES string of the molecule is COc1cc(N)ccc1OC(C)C(=O)N1CCN(C(=O)c2ccccc2)C[C@H]1C. The molecule has 0 radical (unpaired) electrons. The lowest BCUT2D eigenvalue weighted by molar-refractivity contribution is -0.142. The maximum Gasteiger partial charge on any atom is 0.263 e. The number of rotatable bonds is 5. The number of carbonyl (C=O) groups is 2. The number of anilines is 1. The van der Waals surface area contributed by atoms with Crippen LogP contribution in [-0.4, -0.2) is 60.5 Å². The Labute approximate surface area is 171 Å².